The van der Waals surface area contributed by atoms with Crippen LogP contribution in [-0.4, -0.2) is 70.9 Å². The van der Waals surface area contributed by atoms with Gasteiger partial charge in [0.2, 0.25) is 11.8 Å². The zero-order valence-electron chi connectivity index (χ0n) is 22.6. The fourth-order valence-corrected chi connectivity index (χ4v) is 5.66. The van der Waals surface area contributed by atoms with E-state index in [4.69, 9.17) is 4.74 Å². The fourth-order valence-electron chi connectivity index (χ4n) is 4.68. The van der Waals surface area contributed by atoms with Crippen LogP contribution in [0.2, 0.25) is 0 Å². The Bertz CT molecular complexity index is 1580. The third kappa shape index (κ3) is 6.29. The molecule has 2 atom stereocenters. The van der Waals surface area contributed by atoms with Gasteiger partial charge in [-0.2, -0.15) is 0 Å². The molecule has 0 saturated heterocycles. The second kappa shape index (κ2) is 11.9. The summed E-state index contributed by atoms with van der Waals surface area (Å²) >= 11 is 3.50. The Morgan fingerprint density at radius 2 is 1.82 bits per heavy atom. The quantitative estimate of drug-likeness (QED) is 0.392. The van der Waals surface area contributed by atoms with Gasteiger partial charge in [0.25, 0.3) is 5.91 Å². The second-order valence-corrected chi connectivity index (χ2v) is 12.7. The summed E-state index contributed by atoms with van der Waals surface area (Å²) in [6.07, 6.45) is 0.977. The van der Waals surface area contributed by atoms with Crippen molar-refractivity contribution in [2.45, 2.75) is 25.6 Å². The smallest absolute Gasteiger partial charge is 0.251 e. The zero-order valence-corrected chi connectivity index (χ0v) is 25.0. The second-order valence-electron chi connectivity index (χ2n) is 9.67. The minimum atomic E-state index is -3.66. The number of sulfone groups is 1. The minimum absolute atomic E-state index is 0.0695. The normalized spacial score (nSPS) is 16.3. The van der Waals surface area contributed by atoms with Crippen molar-refractivity contribution in [2.75, 3.05) is 42.5 Å². The lowest BCUT2D eigenvalue weighted by Gasteiger charge is -2.27. The number of amides is 3. The molecular weight excluding hydrogens is 600 g/mol. The minimum Gasteiger partial charge on any atom is -0.496 e. The van der Waals surface area contributed by atoms with E-state index in [-0.39, 0.29) is 13.1 Å². The summed E-state index contributed by atoms with van der Waals surface area (Å²) < 4.78 is 30.6. The highest BCUT2D eigenvalue weighted by Gasteiger charge is 2.38. The molecule has 1 aliphatic heterocycles. The van der Waals surface area contributed by atoms with Gasteiger partial charge in [0, 0.05) is 16.3 Å². The van der Waals surface area contributed by atoms with Crippen LogP contribution in [0.5, 0.6) is 5.75 Å². The Hall–Kier alpha value is -3.48. The standard InChI is InChI=1S/C28H31BrN4O6S/c1-17(30-2)27(35)31-22-15-32(26(34)16-40(4,37)38)23-7-5-6-8-24(23)33(28(22)36)14-21-20-11-10-19(29)13-18(20)9-12-25(21)39-3/h5-13,17,22,30H,14-16H2,1-4H3,(H,31,35)/t17?,22-/m0/s1. The van der Waals surface area contributed by atoms with Crippen LogP contribution in [0, 0.1) is 0 Å². The summed E-state index contributed by atoms with van der Waals surface area (Å²) in [6, 6.07) is 14.6. The number of likely N-dealkylation sites (N-methyl/N-ethyl adjacent to an activating group) is 1. The molecule has 1 heterocycles. The van der Waals surface area contributed by atoms with Crippen molar-refractivity contribution in [3.05, 3.63) is 64.6 Å². The zero-order chi connectivity index (χ0) is 29.2. The molecule has 3 amide bonds. The van der Waals surface area contributed by atoms with Crippen molar-refractivity contribution in [1.82, 2.24) is 10.6 Å². The topological polar surface area (TPSA) is 125 Å². The van der Waals surface area contributed by atoms with Gasteiger partial charge in [0.1, 0.15) is 17.5 Å². The Labute approximate surface area is 241 Å². The molecule has 12 heteroatoms. The van der Waals surface area contributed by atoms with Crippen LogP contribution < -0.4 is 25.2 Å². The predicted octanol–water partition coefficient (Wildman–Crippen LogP) is 2.63. The molecule has 10 nitrogen and oxygen atoms in total. The number of rotatable bonds is 8. The summed E-state index contributed by atoms with van der Waals surface area (Å²) in [6.45, 7) is 1.48. The number of carbonyl (C=O) groups is 3. The lowest BCUT2D eigenvalue weighted by molar-refractivity contribution is -0.128. The molecule has 0 fully saturated rings. The number of fused-ring (bicyclic) bond motifs is 2. The summed E-state index contributed by atoms with van der Waals surface area (Å²) in [5, 5.41) is 7.39. The first-order chi connectivity index (χ1) is 18.9. The van der Waals surface area contributed by atoms with Crippen molar-refractivity contribution >= 4 is 65.6 Å². The van der Waals surface area contributed by atoms with Crippen LogP contribution in [0.3, 0.4) is 0 Å². The number of benzene rings is 3. The Morgan fingerprint density at radius 1 is 1.12 bits per heavy atom. The summed E-state index contributed by atoms with van der Waals surface area (Å²) in [7, 11) is -0.494. The SMILES string of the molecule is CNC(C)C(=O)N[C@H]1CN(C(=O)CS(C)(=O)=O)c2ccccc2N(Cc2c(OC)ccc3cc(Br)ccc23)C1=O. The van der Waals surface area contributed by atoms with Gasteiger partial charge in [-0.3, -0.25) is 14.4 Å². The molecule has 1 unspecified atom stereocenters. The molecule has 2 N–H and O–H groups in total. The van der Waals surface area contributed by atoms with Crippen LogP contribution in [0.1, 0.15) is 12.5 Å². The fraction of sp³-hybridized carbons (Fsp3) is 0.321. The molecule has 4 rings (SSSR count). The van der Waals surface area contributed by atoms with E-state index in [2.05, 4.69) is 26.6 Å². The Kier molecular flexibility index (Phi) is 8.81. The van der Waals surface area contributed by atoms with Gasteiger partial charge >= 0.3 is 0 Å². The first-order valence-electron chi connectivity index (χ1n) is 12.5. The van der Waals surface area contributed by atoms with E-state index in [1.54, 1.807) is 45.3 Å². The summed E-state index contributed by atoms with van der Waals surface area (Å²) in [4.78, 5) is 43.1. The number of hydrogen-bond acceptors (Lipinski definition) is 7. The molecule has 0 bridgehead atoms. The number of nitrogens with zero attached hydrogens (tertiary/aromatic N) is 2. The molecule has 0 aliphatic carbocycles. The monoisotopic (exact) mass is 630 g/mol. The van der Waals surface area contributed by atoms with Gasteiger partial charge < -0.3 is 25.2 Å². The number of para-hydroxylation sites is 2. The number of anilines is 2. The molecule has 0 aromatic heterocycles. The Balaban J connectivity index is 1.88. The van der Waals surface area contributed by atoms with Crippen LogP contribution in [0.4, 0.5) is 11.4 Å². The van der Waals surface area contributed by atoms with Crippen molar-refractivity contribution in [3.63, 3.8) is 0 Å². The van der Waals surface area contributed by atoms with Gasteiger partial charge in [0.15, 0.2) is 9.84 Å². The first kappa shape index (κ1) is 29.5. The van der Waals surface area contributed by atoms with E-state index in [9.17, 15) is 22.8 Å². The van der Waals surface area contributed by atoms with E-state index >= 15 is 0 Å². The maximum Gasteiger partial charge on any atom is 0.251 e. The van der Waals surface area contributed by atoms with Crippen LogP contribution in [0.25, 0.3) is 10.8 Å². The van der Waals surface area contributed by atoms with Gasteiger partial charge in [-0.15, -0.1) is 0 Å². The van der Waals surface area contributed by atoms with E-state index in [1.807, 2.05) is 30.3 Å². The third-order valence-electron chi connectivity index (χ3n) is 6.81. The van der Waals surface area contributed by atoms with E-state index in [0.717, 1.165) is 27.1 Å². The van der Waals surface area contributed by atoms with E-state index < -0.39 is 45.4 Å². The maximum absolute atomic E-state index is 14.2. The Morgan fingerprint density at radius 3 is 2.48 bits per heavy atom. The van der Waals surface area contributed by atoms with Crippen molar-refractivity contribution in [1.29, 1.82) is 0 Å². The summed E-state index contributed by atoms with van der Waals surface area (Å²) in [5.41, 5.74) is 1.51. The molecule has 0 saturated carbocycles. The molecule has 0 spiro atoms. The third-order valence-corrected chi connectivity index (χ3v) is 8.07. The molecule has 3 aromatic carbocycles. The molecule has 212 valence electrons. The number of carbonyl (C=O) groups excluding carboxylic acids is 3. The lowest BCUT2D eigenvalue weighted by Crippen LogP contribution is -2.56. The maximum atomic E-state index is 14.2. The van der Waals surface area contributed by atoms with Crippen LogP contribution >= 0.6 is 15.9 Å². The number of ether oxygens (including phenoxy) is 1. The highest BCUT2D eigenvalue weighted by Crippen LogP contribution is 2.37. The summed E-state index contributed by atoms with van der Waals surface area (Å²) in [5.74, 6) is -1.75. The van der Waals surface area contributed by atoms with Gasteiger partial charge in [0.05, 0.1) is 37.6 Å². The van der Waals surface area contributed by atoms with Gasteiger partial charge in [-0.05, 0) is 55.1 Å². The van der Waals surface area contributed by atoms with Gasteiger partial charge in [-0.25, -0.2) is 8.42 Å². The first-order valence-corrected chi connectivity index (χ1v) is 15.4. The molecule has 0 radical (unpaired) electrons. The van der Waals surface area contributed by atoms with Crippen molar-refractivity contribution < 1.29 is 27.5 Å². The predicted molar refractivity (Wildman–Crippen MR) is 158 cm³/mol. The average molecular weight is 632 g/mol. The number of halogens is 1. The van der Waals surface area contributed by atoms with E-state index in [0.29, 0.717) is 17.1 Å². The van der Waals surface area contributed by atoms with Crippen LogP contribution in [0.15, 0.2) is 59.1 Å². The highest BCUT2D eigenvalue weighted by atomic mass is 79.9. The highest BCUT2D eigenvalue weighted by molar-refractivity contribution is 9.10. The lowest BCUT2D eigenvalue weighted by atomic mass is 10.0. The van der Waals surface area contributed by atoms with Gasteiger partial charge in [-0.1, -0.05) is 40.2 Å². The average Bonchev–Trinajstić information content (AvgIpc) is 3.02. The number of nitrogens with one attached hydrogen (secondary N) is 2. The van der Waals surface area contributed by atoms with E-state index in [1.165, 1.54) is 9.80 Å². The number of methoxy groups -OCH3 is 1. The number of hydrogen-bond donors (Lipinski definition) is 2. The molecular formula is C28H31BrN4O6S. The molecule has 40 heavy (non-hydrogen) atoms. The van der Waals surface area contributed by atoms with Crippen molar-refractivity contribution in [2.24, 2.45) is 0 Å². The largest absolute Gasteiger partial charge is 0.496 e. The van der Waals surface area contributed by atoms with Crippen molar-refractivity contribution in [3.8, 4) is 5.75 Å². The molecule has 3 aromatic rings. The van der Waals surface area contributed by atoms with Crippen LogP contribution in [-0.2, 0) is 30.8 Å². The molecule has 1 aliphatic rings.